The van der Waals surface area contributed by atoms with E-state index in [2.05, 4.69) is 45.1 Å². The highest BCUT2D eigenvalue weighted by molar-refractivity contribution is 6.30. The molecule has 0 spiro atoms. The zero-order chi connectivity index (χ0) is 25.6. The van der Waals surface area contributed by atoms with Gasteiger partial charge in [-0.15, -0.1) is 0 Å². The Morgan fingerprint density at radius 3 is 2.57 bits per heavy atom. The van der Waals surface area contributed by atoms with E-state index in [0.717, 1.165) is 73.1 Å². The molecule has 1 aromatic heterocycles. The van der Waals surface area contributed by atoms with Gasteiger partial charge >= 0.3 is 0 Å². The maximum Gasteiger partial charge on any atom is 0.224 e. The number of rotatable bonds is 9. The molecule has 192 valence electrons. The first-order valence-corrected chi connectivity index (χ1v) is 13.3. The van der Waals surface area contributed by atoms with Crippen molar-refractivity contribution in [3.05, 3.63) is 94.8 Å². The second-order valence-corrected chi connectivity index (χ2v) is 10.1. The Morgan fingerprint density at radius 1 is 1.03 bits per heavy atom. The molecule has 0 unspecified atom stereocenters. The molecule has 0 aliphatic carbocycles. The van der Waals surface area contributed by atoms with Crippen molar-refractivity contribution in [3.63, 3.8) is 0 Å². The van der Waals surface area contributed by atoms with Crippen molar-refractivity contribution in [2.24, 2.45) is 5.92 Å². The first-order chi connectivity index (χ1) is 18.1. The number of fused-ring (bicyclic) bond motifs is 1. The molecule has 1 atom stereocenters. The second kappa shape index (κ2) is 11.8. The number of carbonyl (C=O) groups is 1. The van der Waals surface area contributed by atoms with Crippen molar-refractivity contribution in [2.75, 3.05) is 26.7 Å². The van der Waals surface area contributed by atoms with Gasteiger partial charge in [-0.05, 0) is 73.3 Å². The minimum Gasteiger partial charge on any atom is -0.497 e. The van der Waals surface area contributed by atoms with Crippen LogP contribution < -0.4 is 10.1 Å². The van der Waals surface area contributed by atoms with E-state index in [1.165, 1.54) is 11.1 Å². The smallest absolute Gasteiger partial charge is 0.224 e. The Morgan fingerprint density at radius 2 is 1.78 bits per heavy atom. The highest BCUT2D eigenvalue weighted by Crippen LogP contribution is 2.23. The lowest BCUT2D eigenvalue weighted by Gasteiger charge is -2.31. The SMILES string of the molecule is COc1ccc(Cn2c(CN3CCC[C@@H](C(=O)NCCc4ccc(Cl)cc4)C3)nc3ccccc32)cc1. The van der Waals surface area contributed by atoms with Crippen molar-refractivity contribution >= 4 is 28.5 Å². The van der Waals surface area contributed by atoms with Crippen molar-refractivity contribution in [2.45, 2.75) is 32.4 Å². The Bertz CT molecular complexity index is 1330. The number of nitrogens with zero attached hydrogens (tertiary/aromatic N) is 3. The monoisotopic (exact) mass is 516 g/mol. The number of aromatic nitrogens is 2. The van der Waals surface area contributed by atoms with Gasteiger partial charge in [0, 0.05) is 24.7 Å². The number of nitrogens with one attached hydrogen (secondary N) is 1. The van der Waals surface area contributed by atoms with Gasteiger partial charge in [-0.2, -0.15) is 0 Å². The zero-order valence-corrected chi connectivity index (χ0v) is 22.0. The van der Waals surface area contributed by atoms with Gasteiger partial charge in [0.15, 0.2) is 0 Å². The molecule has 2 heterocycles. The number of methoxy groups -OCH3 is 1. The first kappa shape index (κ1) is 25.3. The van der Waals surface area contributed by atoms with E-state index in [1.807, 2.05) is 42.5 Å². The zero-order valence-electron chi connectivity index (χ0n) is 21.2. The number of hydrogen-bond donors (Lipinski definition) is 1. The van der Waals surface area contributed by atoms with Crippen LogP contribution in [-0.2, 0) is 24.3 Å². The molecule has 4 aromatic rings. The van der Waals surface area contributed by atoms with Crippen LogP contribution in [0.15, 0.2) is 72.8 Å². The summed E-state index contributed by atoms with van der Waals surface area (Å²) in [5.41, 5.74) is 4.49. The highest BCUT2D eigenvalue weighted by Gasteiger charge is 2.27. The van der Waals surface area contributed by atoms with Crippen LogP contribution in [0.2, 0.25) is 5.02 Å². The fourth-order valence-corrected chi connectivity index (χ4v) is 5.20. The van der Waals surface area contributed by atoms with Gasteiger partial charge in [0.05, 0.1) is 30.6 Å². The average Bonchev–Trinajstić information content (AvgIpc) is 3.27. The Labute approximate surface area is 223 Å². The lowest BCUT2D eigenvalue weighted by molar-refractivity contribution is -0.126. The summed E-state index contributed by atoms with van der Waals surface area (Å²) in [5, 5.41) is 3.87. The van der Waals surface area contributed by atoms with Crippen LogP contribution in [0.25, 0.3) is 11.0 Å². The van der Waals surface area contributed by atoms with Crippen LogP contribution in [0.4, 0.5) is 0 Å². The maximum absolute atomic E-state index is 13.0. The third-order valence-corrected chi connectivity index (χ3v) is 7.35. The summed E-state index contributed by atoms with van der Waals surface area (Å²) in [6.07, 6.45) is 2.73. The lowest BCUT2D eigenvalue weighted by Crippen LogP contribution is -2.43. The summed E-state index contributed by atoms with van der Waals surface area (Å²) < 4.78 is 7.61. The fraction of sp³-hybridized carbons (Fsp3) is 0.333. The standard InChI is InChI=1S/C30H33ClN4O2/c1-37-26-14-10-23(11-15-26)19-35-28-7-3-2-6-27(28)33-29(35)21-34-18-4-5-24(20-34)30(36)32-17-16-22-8-12-25(31)13-9-22/h2-3,6-15,24H,4-5,16-21H2,1H3,(H,32,36)/t24-/m1/s1. The molecule has 5 rings (SSSR count). The van der Waals surface area contributed by atoms with Crippen molar-refractivity contribution < 1.29 is 9.53 Å². The molecule has 1 fully saturated rings. The molecule has 6 nitrogen and oxygen atoms in total. The quantitative estimate of drug-likeness (QED) is 0.327. The Kier molecular flexibility index (Phi) is 8.07. The van der Waals surface area contributed by atoms with Gasteiger partial charge in [-0.3, -0.25) is 9.69 Å². The average molecular weight is 517 g/mol. The van der Waals surface area contributed by atoms with E-state index in [4.69, 9.17) is 21.3 Å². The van der Waals surface area contributed by atoms with Crippen LogP contribution in [0.3, 0.4) is 0 Å². The van der Waals surface area contributed by atoms with E-state index in [0.29, 0.717) is 6.54 Å². The van der Waals surface area contributed by atoms with Crippen LogP contribution in [0.5, 0.6) is 5.75 Å². The number of likely N-dealkylation sites (tertiary alicyclic amines) is 1. The molecule has 1 N–H and O–H groups in total. The van der Waals surface area contributed by atoms with Crippen LogP contribution in [-0.4, -0.2) is 47.1 Å². The molecule has 1 aliphatic rings. The largest absolute Gasteiger partial charge is 0.497 e. The van der Waals surface area contributed by atoms with Gasteiger partial charge in [-0.1, -0.05) is 48.0 Å². The van der Waals surface area contributed by atoms with E-state index in [-0.39, 0.29) is 11.8 Å². The molecule has 7 heteroatoms. The number of ether oxygens (including phenoxy) is 1. The lowest BCUT2D eigenvalue weighted by atomic mass is 9.97. The third-order valence-electron chi connectivity index (χ3n) is 7.10. The Hall–Kier alpha value is -3.35. The molecule has 3 aromatic carbocycles. The molecular weight excluding hydrogens is 484 g/mol. The summed E-state index contributed by atoms with van der Waals surface area (Å²) in [6.45, 7) is 3.81. The van der Waals surface area contributed by atoms with E-state index >= 15 is 0 Å². The number of para-hydroxylation sites is 2. The molecule has 37 heavy (non-hydrogen) atoms. The van der Waals surface area contributed by atoms with Crippen LogP contribution >= 0.6 is 11.6 Å². The summed E-state index contributed by atoms with van der Waals surface area (Å²) in [6, 6.07) is 24.3. The van der Waals surface area contributed by atoms with E-state index in [1.54, 1.807) is 7.11 Å². The predicted molar refractivity (Wildman–Crippen MR) is 148 cm³/mol. The van der Waals surface area contributed by atoms with Gasteiger partial charge in [-0.25, -0.2) is 4.98 Å². The molecule has 1 aliphatic heterocycles. The van der Waals surface area contributed by atoms with Crippen LogP contribution in [0.1, 0.15) is 29.8 Å². The number of carbonyl (C=O) groups excluding carboxylic acids is 1. The van der Waals surface area contributed by atoms with Gasteiger partial charge in [0.25, 0.3) is 0 Å². The van der Waals surface area contributed by atoms with Gasteiger partial charge < -0.3 is 14.6 Å². The highest BCUT2D eigenvalue weighted by atomic mass is 35.5. The van der Waals surface area contributed by atoms with E-state index < -0.39 is 0 Å². The Balaban J connectivity index is 1.24. The molecular formula is C30H33ClN4O2. The fourth-order valence-electron chi connectivity index (χ4n) is 5.07. The minimum absolute atomic E-state index is 0.00150. The van der Waals surface area contributed by atoms with E-state index in [9.17, 15) is 4.79 Å². The van der Waals surface area contributed by atoms with Gasteiger partial charge in [0.2, 0.25) is 5.91 Å². The normalized spacial score (nSPS) is 16.1. The molecule has 1 amide bonds. The third kappa shape index (κ3) is 6.32. The molecule has 0 radical (unpaired) electrons. The number of benzene rings is 3. The summed E-state index contributed by atoms with van der Waals surface area (Å²) in [4.78, 5) is 20.3. The maximum atomic E-state index is 13.0. The topological polar surface area (TPSA) is 59.4 Å². The minimum atomic E-state index is -0.00150. The second-order valence-electron chi connectivity index (χ2n) is 9.69. The summed E-state index contributed by atoms with van der Waals surface area (Å²) in [7, 11) is 1.68. The number of hydrogen-bond acceptors (Lipinski definition) is 4. The molecule has 1 saturated heterocycles. The number of piperidine rings is 1. The van der Waals surface area contributed by atoms with Crippen molar-refractivity contribution in [1.82, 2.24) is 19.8 Å². The van der Waals surface area contributed by atoms with Crippen molar-refractivity contribution in [3.8, 4) is 5.75 Å². The number of halogens is 1. The summed E-state index contributed by atoms with van der Waals surface area (Å²) in [5.74, 6) is 2.02. The van der Waals surface area contributed by atoms with Gasteiger partial charge in [0.1, 0.15) is 11.6 Å². The number of amides is 1. The number of imidazole rings is 1. The summed E-state index contributed by atoms with van der Waals surface area (Å²) >= 11 is 5.97. The molecule has 0 bridgehead atoms. The van der Waals surface area contributed by atoms with Crippen molar-refractivity contribution in [1.29, 1.82) is 0 Å². The molecule has 0 saturated carbocycles. The van der Waals surface area contributed by atoms with Crippen LogP contribution in [0, 0.1) is 5.92 Å². The predicted octanol–water partition coefficient (Wildman–Crippen LogP) is 5.32. The first-order valence-electron chi connectivity index (χ1n) is 12.9.